The van der Waals surface area contributed by atoms with Gasteiger partial charge in [-0.25, -0.2) is 9.59 Å². The van der Waals surface area contributed by atoms with Crippen LogP contribution < -0.4 is 5.32 Å². The van der Waals surface area contributed by atoms with E-state index >= 15 is 0 Å². The summed E-state index contributed by atoms with van der Waals surface area (Å²) in [6, 6.07) is 4.33. The average Bonchev–Trinajstić information content (AvgIpc) is 3.02. The molecule has 1 aromatic carbocycles. The Morgan fingerprint density at radius 3 is 2.33 bits per heavy atom. The van der Waals surface area contributed by atoms with E-state index in [9.17, 15) is 24.5 Å². The molecule has 1 aliphatic carbocycles. The first-order chi connectivity index (χ1) is 14.0. The third kappa shape index (κ3) is 6.43. The molecule has 1 N–H and O–H groups in total. The van der Waals surface area contributed by atoms with Crippen LogP contribution in [0, 0.1) is 16.0 Å². The van der Waals surface area contributed by atoms with Crippen molar-refractivity contribution in [3.63, 3.8) is 0 Å². The van der Waals surface area contributed by atoms with Crippen LogP contribution in [0.5, 0.6) is 0 Å². The Kier molecular flexibility index (Phi) is 7.36. The van der Waals surface area contributed by atoms with Gasteiger partial charge in [0.2, 0.25) is 0 Å². The quantitative estimate of drug-likeness (QED) is 0.320. The molecule has 0 heterocycles. The number of nitrogens with zero attached hydrogens (tertiary/aromatic N) is 1. The van der Waals surface area contributed by atoms with Gasteiger partial charge in [-0.2, -0.15) is 0 Å². The van der Waals surface area contributed by atoms with Gasteiger partial charge in [-0.3, -0.25) is 14.9 Å². The molecule has 2 unspecified atom stereocenters. The maximum atomic E-state index is 12.5. The molecule has 1 saturated carbocycles. The molecule has 2 rings (SSSR count). The zero-order valence-corrected chi connectivity index (χ0v) is 17.4. The summed E-state index contributed by atoms with van der Waals surface area (Å²) in [5, 5.41) is 13.4. The highest BCUT2D eigenvalue weighted by Crippen LogP contribution is 2.31. The van der Waals surface area contributed by atoms with Gasteiger partial charge in [-0.05, 0) is 52.7 Å². The minimum Gasteiger partial charge on any atom is -0.466 e. The summed E-state index contributed by atoms with van der Waals surface area (Å²) in [4.78, 5) is 47.0. The van der Waals surface area contributed by atoms with Crippen LogP contribution in [-0.4, -0.2) is 47.3 Å². The summed E-state index contributed by atoms with van der Waals surface area (Å²) in [6.07, 6.45) is -1.06. The number of amides is 1. The van der Waals surface area contributed by atoms with Gasteiger partial charge in [-0.1, -0.05) is 0 Å². The minimum absolute atomic E-state index is 0.121. The number of carbonyl (C=O) groups is 3. The van der Waals surface area contributed by atoms with Gasteiger partial charge in [0.05, 0.1) is 29.1 Å². The molecule has 30 heavy (non-hydrogen) atoms. The number of nitrogens with one attached hydrogen (secondary N) is 1. The summed E-state index contributed by atoms with van der Waals surface area (Å²) in [7, 11) is 0. The Morgan fingerprint density at radius 2 is 1.80 bits per heavy atom. The molecule has 0 radical (unpaired) electrons. The first kappa shape index (κ1) is 23.1. The molecule has 1 aromatic rings. The van der Waals surface area contributed by atoms with Crippen molar-refractivity contribution in [2.75, 3.05) is 6.61 Å². The van der Waals surface area contributed by atoms with Crippen LogP contribution in [0.4, 0.5) is 10.5 Å². The lowest BCUT2D eigenvalue weighted by Gasteiger charge is -2.24. The minimum atomic E-state index is -0.783. The number of benzene rings is 1. The molecule has 0 spiro atoms. The van der Waals surface area contributed by atoms with Gasteiger partial charge >= 0.3 is 18.0 Å². The van der Waals surface area contributed by atoms with Crippen molar-refractivity contribution in [2.24, 2.45) is 5.92 Å². The van der Waals surface area contributed by atoms with Gasteiger partial charge in [-0.15, -0.1) is 0 Å². The number of ether oxygens (including phenoxy) is 3. The molecule has 10 nitrogen and oxygen atoms in total. The van der Waals surface area contributed by atoms with E-state index in [4.69, 9.17) is 14.2 Å². The standard InChI is InChI=1S/C20H26N2O8/c1-5-28-17(23)13-10-15(21-19(25)30-20(2,3)4)16(11-13)29-18(24)12-6-8-14(9-7-12)22(26)27/h6-9,13,15-16H,5,10-11H2,1-4H3,(H,21,25)/t13?,15?,16-/m1/s1. The van der Waals surface area contributed by atoms with E-state index in [1.807, 2.05) is 0 Å². The van der Waals surface area contributed by atoms with Gasteiger partial charge in [0, 0.05) is 12.1 Å². The van der Waals surface area contributed by atoms with Crippen LogP contribution in [-0.2, 0) is 19.0 Å². The van der Waals surface area contributed by atoms with Crippen LogP contribution >= 0.6 is 0 Å². The van der Waals surface area contributed by atoms with E-state index in [0.29, 0.717) is 0 Å². The molecular formula is C20H26N2O8. The van der Waals surface area contributed by atoms with Gasteiger partial charge in [0.25, 0.3) is 5.69 Å². The molecule has 0 aromatic heterocycles. The smallest absolute Gasteiger partial charge is 0.408 e. The van der Waals surface area contributed by atoms with E-state index < -0.39 is 46.6 Å². The second kappa shape index (κ2) is 9.55. The molecule has 0 aliphatic heterocycles. The average molecular weight is 422 g/mol. The molecule has 1 aliphatic rings. The van der Waals surface area contributed by atoms with Crippen LogP contribution in [0.15, 0.2) is 24.3 Å². The fourth-order valence-corrected chi connectivity index (χ4v) is 3.12. The Hall–Kier alpha value is -3.17. The SMILES string of the molecule is CCOC(=O)C1CC(NC(=O)OC(C)(C)C)[C@H](OC(=O)c2ccc([N+](=O)[O-])cc2)C1. The molecule has 1 fully saturated rings. The topological polar surface area (TPSA) is 134 Å². The van der Waals surface area contributed by atoms with Crippen molar-refractivity contribution < 1.29 is 33.5 Å². The summed E-state index contributed by atoms with van der Waals surface area (Å²) in [5.74, 6) is -1.68. The molecule has 0 bridgehead atoms. The molecule has 10 heteroatoms. The van der Waals surface area contributed by atoms with Gasteiger partial charge < -0.3 is 19.5 Å². The highest BCUT2D eigenvalue weighted by Gasteiger charge is 2.42. The van der Waals surface area contributed by atoms with E-state index in [-0.39, 0.29) is 30.7 Å². The lowest BCUT2D eigenvalue weighted by molar-refractivity contribution is -0.384. The zero-order chi connectivity index (χ0) is 22.5. The molecule has 3 atom stereocenters. The molecular weight excluding hydrogens is 396 g/mol. The number of rotatable bonds is 6. The second-order valence-electron chi connectivity index (χ2n) is 7.92. The monoisotopic (exact) mass is 422 g/mol. The normalized spacial score (nSPS) is 20.9. The van der Waals surface area contributed by atoms with Gasteiger partial charge in [0.15, 0.2) is 0 Å². The van der Waals surface area contributed by atoms with E-state index in [2.05, 4.69) is 5.32 Å². The van der Waals surface area contributed by atoms with Crippen LogP contribution in [0.3, 0.4) is 0 Å². The van der Waals surface area contributed by atoms with Crippen molar-refractivity contribution in [1.29, 1.82) is 0 Å². The Balaban J connectivity index is 2.11. The maximum Gasteiger partial charge on any atom is 0.408 e. The number of hydrogen-bond donors (Lipinski definition) is 1. The predicted molar refractivity (Wildman–Crippen MR) is 105 cm³/mol. The maximum absolute atomic E-state index is 12.5. The van der Waals surface area contributed by atoms with E-state index in [0.717, 1.165) is 0 Å². The second-order valence-corrected chi connectivity index (χ2v) is 7.92. The summed E-state index contributed by atoms with van der Waals surface area (Å²) in [5.41, 5.74) is -0.746. The largest absolute Gasteiger partial charge is 0.466 e. The molecule has 164 valence electrons. The highest BCUT2D eigenvalue weighted by atomic mass is 16.6. The third-order valence-electron chi connectivity index (χ3n) is 4.40. The van der Waals surface area contributed by atoms with Crippen LogP contribution in [0.1, 0.15) is 50.9 Å². The van der Waals surface area contributed by atoms with Crippen LogP contribution in [0.25, 0.3) is 0 Å². The van der Waals surface area contributed by atoms with Crippen molar-refractivity contribution in [1.82, 2.24) is 5.32 Å². The van der Waals surface area contributed by atoms with Crippen molar-refractivity contribution in [3.05, 3.63) is 39.9 Å². The van der Waals surface area contributed by atoms with Crippen molar-refractivity contribution in [2.45, 2.75) is 58.3 Å². The van der Waals surface area contributed by atoms with Crippen molar-refractivity contribution in [3.8, 4) is 0 Å². The zero-order valence-electron chi connectivity index (χ0n) is 17.4. The van der Waals surface area contributed by atoms with Crippen molar-refractivity contribution >= 4 is 23.7 Å². The highest BCUT2D eigenvalue weighted by molar-refractivity contribution is 5.90. The first-order valence-electron chi connectivity index (χ1n) is 9.61. The summed E-state index contributed by atoms with van der Waals surface area (Å²) < 4.78 is 15.8. The van der Waals surface area contributed by atoms with Crippen LogP contribution in [0.2, 0.25) is 0 Å². The lowest BCUT2D eigenvalue weighted by Crippen LogP contribution is -2.44. The number of non-ortho nitro benzene ring substituents is 1. The summed E-state index contributed by atoms with van der Waals surface area (Å²) >= 11 is 0. The fourth-order valence-electron chi connectivity index (χ4n) is 3.12. The number of alkyl carbamates (subject to hydrolysis) is 1. The molecule has 1 amide bonds. The Labute approximate surface area is 174 Å². The Morgan fingerprint density at radius 1 is 1.17 bits per heavy atom. The van der Waals surface area contributed by atoms with Gasteiger partial charge in [0.1, 0.15) is 11.7 Å². The number of nitro benzene ring substituents is 1. The number of nitro groups is 1. The lowest BCUT2D eigenvalue weighted by atomic mass is 10.1. The Bertz CT molecular complexity index is 800. The summed E-state index contributed by atoms with van der Waals surface area (Å²) in [6.45, 7) is 7.06. The third-order valence-corrected chi connectivity index (χ3v) is 4.40. The van der Waals surface area contributed by atoms with E-state index in [1.165, 1.54) is 24.3 Å². The number of esters is 2. The molecule has 0 saturated heterocycles. The predicted octanol–water partition coefficient (Wildman–Crippen LogP) is 2.99. The van der Waals surface area contributed by atoms with E-state index in [1.54, 1.807) is 27.7 Å². The number of hydrogen-bond acceptors (Lipinski definition) is 8. The fraction of sp³-hybridized carbons (Fsp3) is 0.550. The number of carbonyl (C=O) groups excluding carboxylic acids is 3. The first-order valence-corrected chi connectivity index (χ1v) is 9.61.